The molecular weight excluding hydrogens is 378 g/mol. The van der Waals surface area contributed by atoms with Gasteiger partial charge in [0.15, 0.2) is 0 Å². The Labute approximate surface area is 143 Å². The molecule has 0 amide bonds. The summed E-state index contributed by atoms with van der Waals surface area (Å²) in [5, 5.41) is 0.171. The van der Waals surface area contributed by atoms with E-state index < -0.39 is 23.3 Å². The zero-order valence-corrected chi connectivity index (χ0v) is 13.6. The first kappa shape index (κ1) is 17.8. The van der Waals surface area contributed by atoms with Crippen molar-refractivity contribution in [2.45, 2.75) is 6.18 Å². The number of hydrogen-bond acceptors (Lipinski definition) is 3. The summed E-state index contributed by atoms with van der Waals surface area (Å²) < 4.78 is 44.0. The number of carbonyl (C=O) groups is 1. The first-order valence-electron chi connectivity index (χ1n) is 5.96. The first-order valence-corrected chi connectivity index (χ1v) is 7.09. The van der Waals surface area contributed by atoms with Crippen LogP contribution in [0.2, 0.25) is 15.1 Å². The Morgan fingerprint density at radius 3 is 2.30 bits per heavy atom. The standard InChI is InChI=1S/C14H7Cl3F3NO2/c1-23-13(22)11-7(14(18,19)20)2-3-21-12(11)6-4-9(16)10(17)5-8(6)15/h2-5H,1H3. The average Bonchev–Trinajstić information content (AvgIpc) is 2.48. The Bertz CT molecular complexity index is 779. The lowest BCUT2D eigenvalue weighted by Gasteiger charge is -2.15. The molecule has 0 saturated heterocycles. The summed E-state index contributed by atoms with van der Waals surface area (Å²) in [7, 11) is 0.968. The van der Waals surface area contributed by atoms with E-state index in [0.717, 1.165) is 13.3 Å². The highest BCUT2D eigenvalue weighted by molar-refractivity contribution is 6.44. The van der Waals surface area contributed by atoms with Gasteiger partial charge in [-0.3, -0.25) is 4.98 Å². The van der Waals surface area contributed by atoms with E-state index in [9.17, 15) is 18.0 Å². The topological polar surface area (TPSA) is 39.2 Å². The molecule has 0 unspecified atom stereocenters. The van der Waals surface area contributed by atoms with E-state index in [0.29, 0.717) is 6.07 Å². The number of pyridine rings is 1. The van der Waals surface area contributed by atoms with Gasteiger partial charge >= 0.3 is 12.1 Å². The Hall–Kier alpha value is -1.50. The van der Waals surface area contributed by atoms with Crippen LogP contribution >= 0.6 is 34.8 Å². The molecule has 23 heavy (non-hydrogen) atoms. The van der Waals surface area contributed by atoms with Gasteiger partial charge in [-0.25, -0.2) is 4.79 Å². The van der Waals surface area contributed by atoms with E-state index in [1.807, 2.05) is 0 Å². The summed E-state index contributed by atoms with van der Waals surface area (Å²) in [6, 6.07) is 3.17. The molecule has 0 spiro atoms. The summed E-state index contributed by atoms with van der Waals surface area (Å²) >= 11 is 17.7. The highest BCUT2D eigenvalue weighted by Crippen LogP contribution is 2.40. The molecule has 1 aromatic heterocycles. The van der Waals surface area contributed by atoms with E-state index in [1.165, 1.54) is 12.1 Å². The Balaban J connectivity index is 2.83. The maximum absolute atomic E-state index is 13.2. The molecule has 0 aliphatic rings. The maximum atomic E-state index is 13.2. The first-order chi connectivity index (χ1) is 10.7. The molecule has 0 bridgehead atoms. The quantitative estimate of drug-likeness (QED) is 0.506. The van der Waals surface area contributed by atoms with Gasteiger partial charge < -0.3 is 4.74 Å². The molecule has 3 nitrogen and oxygen atoms in total. The van der Waals surface area contributed by atoms with Gasteiger partial charge in [-0.15, -0.1) is 0 Å². The predicted molar refractivity (Wildman–Crippen MR) is 81.0 cm³/mol. The van der Waals surface area contributed by atoms with Crippen molar-refractivity contribution in [3.8, 4) is 11.3 Å². The number of aromatic nitrogens is 1. The van der Waals surface area contributed by atoms with Crippen LogP contribution in [0.25, 0.3) is 11.3 Å². The van der Waals surface area contributed by atoms with E-state index in [1.54, 1.807) is 0 Å². The monoisotopic (exact) mass is 383 g/mol. The normalized spacial score (nSPS) is 11.4. The number of benzene rings is 1. The van der Waals surface area contributed by atoms with Gasteiger partial charge in [-0.2, -0.15) is 13.2 Å². The Morgan fingerprint density at radius 2 is 1.74 bits per heavy atom. The minimum absolute atomic E-state index is 0.00335. The lowest BCUT2D eigenvalue weighted by Crippen LogP contribution is -2.16. The van der Waals surface area contributed by atoms with Gasteiger partial charge in [0.2, 0.25) is 0 Å². The molecule has 1 aromatic carbocycles. The highest BCUT2D eigenvalue weighted by atomic mass is 35.5. The van der Waals surface area contributed by atoms with Crippen LogP contribution in [-0.4, -0.2) is 18.1 Å². The zero-order chi connectivity index (χ0) is 17.4. The third-order valence-corrected chi connectivity index (χ3v) is 3.95. The molecule has 0 aliphatic heterocycles. The van der Waals surface area contributed by atoms with Gasteiger partial charge in [0.05, 0.1) is 39.0 Å². The molecule has 0 fully saturated rings. The molecule has 9 heteroatoms. The average molecular weight is 385 g/mol. The van der Waals surface area contributed by atoms with E-state index >= 15 is 0 Å². The van der Waals surface area contributed by atoms with Crippen LogP contribution in [0, 0.1) is 0 Å². The van der Waals surface area contributed by atoms with Crippen molar-refractivity contribution in [2.75, 3.05) is 7.11 Å². The van der Waals surface area contributed by atoms with Gasteiger partial charge in [0.25, 0.3) is 0 Å². The Kier molecular flexibility index (Phi) is 5.08. The van der Waals surface area contributed by atoms with Crippen molar-refractivity contribution >= 4 is 40.8 Å². The fraction of sp³-hybridized carbons (Fsp3) is 0.143. The largest absolute Gasteiger partial charge is 0.465 e. The molecule has 2 rings (SSSR count). The predicted octanol–water partition coefficient (Wildman–Crippen LogP) is 5.51. The number of nitrogens with zero attached hydrogens (tertiary/aromatic N) is 1. The number of hydrogen-bond donors (Lipinski definition) is 0. The third-order valence-electron chi connectivity index (χ3n) is 2.91. The van der Waals surface area contributed by atoms with E-state index in [4.69, 9.17) is 34.8 Å². The minimum Gasteiger partial charge on any atom is -0.465 e. The van der Waals surface area contributed by atoms with Gasteiger partial charge in [0, 0.05) is 11.8 Å². The second-order valence-corrected chi connectivity index (χ2v) is 5.54. The second kappa shape index (κ2) is 6.55. The molecule has 0 aliphatic carbocycles. The van der Waals surface area contributed by atoms with E-state index in [-0.39, 0.29) is 26.3 Å². The van der Waals surface area contributed by atoms with Crippen molar-refractivity contribution in [3.05, 3.63) is 50.6 Å². The fourth-order valence-corrected chi connectivity index (χ4v) is 2.55. The Morgan fingerprint density at radius 1 is 1.13 bits per heavy atom. The number of ether oxygens (including phenoxy) is 1. The highest BCUT2D eigenvalue weighted by Gasteiger charge is 2.38. The van der Waals surface area contributed by atoms with Gasteiger partial charge in [-0.05, 0) is 18.2 Å². The van der Waals surface area contributed by atoms with Crippen molar-refractivity contribution in [2.24, 2.45) is 0 Å². The summed E-state index contributed by atoms with van der Waals surface area (Å²) in [6.45, 7) is 0. The molecular formula is C14H7Cl3F3NO2. The summed E-state index contributed by atoms with van der Waals surface area (Å²) in [5.41, 5.74) is -2.19. The summed E-state index contributed by atoms with van der Waals surface area (Å²) in [5.74, 6) is -1.19. The maximum Gasteiger partial charge on any atom is 0.417 e. The molecule has 0 N–H and O–H groups in total. The fourth-order valence-electron chi connectivity index (χ4n) is 1.91. The SMILES string of the molecule is COC(=O)c1c(C(F)(F)F)ccnc1-c1cc(Cl)c(Cl)cc1Cl. The van der Waals surface area contributed by atoms with Crippen LogP contribution in [0.5, 0.6) is 0 Å². The van der Waals surface area contributed by atoms with Gasteiger partial charge in [0.1, 0.15) is 0 Å². The number of rotatable bonds is 2. The number of alkyl halides is 3. The molecule has 122 valence electrons. The molecule has 2 aromatic rings. The van der Waals surface area contributed by atoms with E-state index in [2.05, 4.69) is 9.72 Å². The van der Waals surface area contributed by atoms with Crippen molar-refractivity contribution in [1.82, 2.24) is 4.98 Å². The van der Waals surface area contributed by atoms with Crippen molar-refractivity contribution < 1.29 is 22.7 Å². The van der Waals surface area contributed by atoms with Crippen molar-refractivity contribution in [1.29, 1.82) is 0 Å². The zero-order valence-electron chi connectivity index (χ0n) is 11.3. The minimum atomic E-state index is -4.77. The third kappa shape index (κ3) is 3.54. The smallest absolute Gasteiger partial charge is 0.417 e. The lowest BCUT2D eigenvalue weighted by atomic mass is 10.0. The van der Waals surface area contributed by atoms with Crippen LogP contribution in [0.15, 0.2) is 24.4 Å². The summed E-state index contributed by atoms with van der Waals surface area (Å²) in [6.07, 6.45) is -3.85. The second-order valence-electron chi connectivity index (χ2n) is 4.32. The number of methoxy groups -OCH3 is 1. The van der Waals surface area contributed by atoms with Crippen LogP contribution in [0.4, 0.5) is 13.2 Å². The van der Waals surface area contributed by atoms with Crippen molar-refractivity contribution in [3.63, 3.8) is 0 Å². The van der Waals surface area contributed by atoms with Crippen LogP contribution < -0.4 is 0 Å². The summed E-state index contributed by atoms with van der Waals surface area (Å²) in [4.78, 5) is 15.7. The number of esters is 1. The number of halogens is 6. The molecule has 0 saturated carbocycles. The van der Waals surface area contributed by atoms with Crippen LogP contribution in [0.3, 0.4) is 0 Å². The molecule has 1 heterocycles. The molecule has 0 radical (unpaired) electrons. The van der Waals surface area contributed by atoms with Crippen LogP contribution in [0.1, 0.15) is 15.9 Å². The van der Waals surface area contributed by atoms with Crippen LogP contribution in [-0.2, 0) is 10.9 Å². The molecule has 0 atom stereocenters. The number of carbonyl (C=O) groups excluding carboxylic acids is 1. The lowest BCUT2D eigenvalue weighted by molar-refractivity contribution is -0.138. The van der Waals surface area contributed by atoms with Gasteiger partial charge in [-0.1, -0.05) is 34.8 Å².